The molecule has 0 fully saturated rings. The third-order valence-electron chi connectivity index (χ3n) is 5.21. The van der Waals surface area contributed by atoms with E-state index in [-0.39, 0.29) is 15.8 Å². The van der Waals surface area contributed by atoms with E-state index in [4.69, 9.17) is 16.3 Å². The third kappa shape index (κ3) is 4.52. The Morgan fingerprint density at radius 2 is 1.81 bits per heavy atom. The van der Waals surface area contributed by atoms with Gasteiger partial charge in [0.1, 0.15) is 10.6 Å². The van der Waals surface area contributed by atoms with Crippen LogP contribution < -0.4 is 9.46 Å². The van der Waals surface area contributed by atoms with E-state index in [1.807, 2.05) is 24.3 Å². The fraction of sp³-hybridized carbons (Fsp3) is 0.174. The predicted octanol–water partition coefficient (Wildman–Crippen LogP) is 4.35. The van der Waals surface area contributed by atoms with Gasteiger partial charge in [0, 0.05) is 30.4 Å². The number of methoxy groups -OCH3 is 1. The summed E-state index contributed by atoms with van der Waals surface area (Å²) in [5.41, 5.74) is 3.07. The van der Waals surface area contributed by atoms with Crippen LogP contribution in [-0.4, -0.2) is 32.9 Å². The molecule has 1 amide bonds. The van der Waals surface area contributed by atoms with Gasteiger partial charge in [-0.1, -0.05) is 35.9 Å². The maximum atomic E-state index is 12.8. The number of fused-ring (bicyclic) bond motifs is 1. The zero-order chi connectivity index (χ0) is 22.0. The van der Waals surface area contributed by atoms with Crippen LogP contribution in [0.4, 0.5) is 5.69 Å². The second-order valence-corrected chi connectivity index (χ2v) is 9.29. The summed E-state index contributed by atoms with van der Waals surface area (Å²) in [4.78, 5) is 14.5. The number of sulfonamides is 1. The van der Waals surface area contributed by atoms with Gasteiger partial charge in [-0.2, -0.15) is 0 Å². The van der Waals surface area contributed by atoms with Gasteiger partial charge < -0.3 is 9.64 Å². The minimum absolute atomic E-state index is 0.0337. The molecule has 8 heteroatoms. The number of amides is 1. The second-order valence-electron chi connectivity index (χ2n) is 7.23. The second kappa shape index (κ2) is 8.61. The van der Waals surface area contributed by atoms with Gasteiger partial charge in [0.05, 0.1) is 12.1 Å². The summed E-state index contributed by atoms with van der Waals surface area (Å²) in [6, 6.07) is 18.9. The van der Waals surface area contributed by atoms with E-state index in [1.165, 1.54) is 19.2 Å². The molecule has 0 bridgehead atoms. The number of ether oxygens (including phenoxy) is 1. The zero-order valence-corrected chi connectivity index (χ0v) is 18.4. The number of benzene rings is 3. The number of halogens is 1. The highest BCUT2D eigenvalue weighted by molar-refractivity contribution is 7.92. The van der Waals surface area contributed by atoms with E-state index in [9.17, 15) is 13.2 Å². The molecular formula is C23H21ClN2O4S. The minimum atomic E-state index is -3.89. The molecule has 6 nitrogen and oxygen atoms in total. The van der Waals surface area contributed by atoms with Gasteiger partial charge in [-0.3, -0.25) is 9.52 Å². The van der Waals surface area contributed by atoms with Gasteiger partial charge in [0.15, 0.2) is 0 Å². The highest BCUT2D eigenvalue weighted by Gasteiger charge is 2.23. The Morgan fingerprint density at radius 1 is 1.03 bits per heavy atom. The Balaban J connectivity index is 1.55. The highest BCUT2D eigenvalue weighted by Crippen LogP contribution is 2.29. The fourth-order valence-corrected chi connectivity index (χ4v) is 5.18. The maximum absolute atomic E-state index is 12.8. The Labute approximate surface area is 186 Å². The molecule has 160 valence electrons. The lowest BCUT2D eigenvalue weighted by Gasteiger charge is -2.29. The van der Waals surface area contributed by atoms with Gasteiger partial charge in [0.2, 0.25) is 0 Å². The first-order valence-electron chi connectivity index (χ1n) is 9.70. The van der Waals surface area contributed by atoms with E-state index >= 15 is 0 Å². The molecule has 0 aliphatic carbocycles. The Bertz CT molecular complexity index is 1230. The summed E-state index contributed by atoms with van der Waals surface area (Å²) in [5.74, 6) is 0.433. The number of rotatable bonds is 5. The molecule has 0 saturated carbocycles. The quantitative estimate of drug-likeness (QED) is 0.619. The van der Waals surface area contributed by atoms with Crippen molar-refractivity contribution in [1.29, 1.82) is 0 Å². The summed E-state index contributed by atoms with van der Waals surface area (Å²) in [7, 11) is -2.40. The number of hydrogen-bond acceptors (Lipinski definition) is 4. The van der Waals surface area contributed by atoms with Gasteiger partial charge in [-0.05, 0) is 53.9 Å². The van der Waals surface area contributed by atoms with Crippen molar-refractivity contribution in [2.75, 3.05) is 18.4 Å². The molecule has 0 aromatic heterocycles. The van der Waals surface area contributed by atoms with Crippen LogP contribution in [0.2, 0.25) is 5.02 Å². The van der Waals surface area contributed by atoms with Crippen molar-refractivity contribution in [2.24, 2.45) is 0 Å². The molecule has 0 spiro atoms. The number of anilines is 1. The summed E-state index contributed by atoms with van der Waals surface area (Å²) >= 11 is 6.14. The summed E-state index contributed by atoms with van der Waals surface area (Å²) < 4.78 is 33.3. The van der Waals surface area contributed by atoms with E-state index in [0.29, 0.717) is 36.5 Å². The number of nitrogens with zero attached hydrogens (tertiary/aromatic N) is 1. The first kappa shape index (κ1) is 21.2. The molecule has 4 rings (SSSR count). The smallest absolute Gasteiger partial charge is 0.263 e. The van der Waals surface area contributed by atoms with E-state index < -0.39 is 10.0 Å². The maximum Gasteiger partial charge on any atom is 0.263 e. The van der Waals surface area contributed by atoms with Crippen molar-refractivity contribution in [3.05, 3.63) is 88.4 Å². The van der Waals surface area contributed by atoms with Crippen molar-refractivity contribution < 1.29 is 17.9 Å². The number of nitrogens with one attached hydrogen (secondary N) is 1. The van der Waals surface area contributed by atoms with Crippen LogP contribution in [-0.2, 0) is 23.0 Å². The molecule has 0 radical (unpaired) electrons. The third-order valence-corrected chi connectivity index (χ3v) is 7.07. The Hall–Kier alpha value is -3.03. The molecule has 3 aromatic carbocycles. The molecule has 1 aliphatic rings. The lowest BCUT2D eigenvalue weighted by Crippen LogP contribution is -2.36. The zero-order valence-electron chi connectivity index (χ0n) is 16.8. The van der Waals surface area contributed by atoms with Crippen molar-refractivity contribution in [1.82, 2.24) is 4.90 Å². The van der Waals surface area contributed by atoms with E-state index in [2.05, 4.69) is 4.72 Å². The fourth-order valence-electron chi connectivity index (χ4n) is 3.59. The van der Waals surface area contributed by atoms with Crippen molar-refractivity contribution in [3.8, 4) is 5.75 Å². The molecule has 1 heterocycles. The van der Waals surface area contributed by atoms with Crippen LogP contribution in [0.25, 0.3) is 0 Å². The average Bonchev–Trinajstić information content (AvgIpc) is 2.78. The summed E-state index contributed by atoms with van der Waals surface area (Å²) in [6.07, 6.45) is 0.714. The van der Waals surface area contributed by atoms with Crippen LogP contribution in [0.5, 0.6) is 5.75 Å². The van der Waals surface area contributed by atoms with Crippen molar-refractivity contribution >= 4 is 33.2 Å². The monoisotopic (exact) mass is 456 g/mol. The lowest BCUT2D eigenvalue weighted by atomic mass is 9.98. The first-order valence-corrected chi connectivity index (χ1v) is 11.6. The van der Waals surface area contributed by atoms with Crippen LogP contribution in [0.3, 0.4) is 0 Å². The number of carbonyl (C=O) groups excluding carboxylic acids is 1. The standard InChI is InChI=1S/C23H21ClN2O4S/c1-30-20-9-10-22(21(24)14-20)31(28,29)25-19-8-7-16-11-12-26(15-18(16)13-19)23(27)17-5-3-2-4-6-17/h2-10,13-14,25H,11-12,15H2,1H3. The van der Waals surface area contributed by atoms with Crippen molar-refractivity contribution in [2.45, 2.75) is 17.9 Å². The highest BCUT2D eigenvalue weighted by atomic mass is 35.5. The molecule has 1 N–H and O–H groups in total. The SMILES string of the molecule is COc1ccc(S(=O)(=O)Nc2ccc3c(c2)CN(C(=O)c2ccccc2)CC3)c(Cl)c1. The summed E-state index contributed by atoms with van der Waals surface area (Å²) in [5, 5.41) is 0.0736. The Kier molecular flexibility index (Phi) is 5.89. The number of carbonyl (C=O) groups is 1. The summed E-state index contributed by atoms with van der Waals surface area (Å²) in [6.45, 7) is 1.04. The predicted molar refractivity (Wildman–Crippen MR) is 120 cm³/mol. The molecule has 0 atom stereocenters. The molecule has 0 saturated heterocycles. The molecule has 31 heavy (non-hydrogen) atoms. The van der Waals surface area contributed by atoms with E-state index in [1.54, 1.807) is 35.2 Å². The number of hydrogen-bond donors (Lipinski definition) is 1. The van der Waals surface area contributed by atoms with Gasteiger partial charge >= 0.3 is 0 Å². The normalized spacial score (nSPS) is 13.4. The minimum Gasteiger partial charge on any atom is -0.497 e. The molecular weight excluding hydrogens is 436 g/mol. The van der Waals surface area contributed by atoms with Gasteiger partial charge in [0.25, 0.3) is 15.9 Å². The molecule has 0 unspecified atom stereocenters. The lowest BCUT2D eigenvalue weighted by molar-refractivity contribution is 0.0734. The topological polar surface area (TPSA) is 75.7 Å². The van der Waals surface area contributed by atoms with Crippen molar-refractivity contribution in [3.63, 3.8) is 0 Å². The van der Waals surface area contributed by atoms with Crippen LogP contribution >= 0.6 is 11.6 Å². The average molecular weight is 457 g/mol. The van der Waals surface area contributed by atoms with E-state index in [0.717, 1.165) is 11.1 Å². The Morgan fingerprint density at radius 3 is 2.52 bits per heavy atom. The largest absolute Gasteiger partial charge is 0.497 e. The molecule has 3 aromatic rings. The van der Waals surface area contributed by atoms with Crippen LogP contribution in [0, 0.1) is 0 Å². The van der Waals surface area contributed by atoms with Gasteiger partial charge in [-0.25, -0.2) is 8.42 Å². The van der Waals surface area contributed by atoms with Crippen LogP contribution in [0.1, 0.15) is 21.5 Å². The van der Waals surface area contributed by atoms with Crippen LogP contribution in [0.15, 0.2) is 71.6 Å². The van der Waals surface area contributed by atoms with Gasteiger partial charge in [-0.15, -0.1) is 0 Å². The first-order chi connectivity index (χ1) is 14.9. The molecule has 1 aliphatic heterocycles.